The van der Waals surface area contributed by atoms with E-state index in [0.29, 0.717) is 13.1 Å². The molecule has 0 saturated heterocycles. The van der Waals surface area contributed by atoms with Crippen molar-refractivity contribution in [1.82, 2.24) is 18.9 Å². The van der Waals surface area contributed by atoms with Gasteiger partial charge in [0.15, 0.2) is 5.82 Å². The number of nitrogens with zero attached hydrogens (tertiary/aromatic N) is 5. The van der Waals surface area contributed by atoms with E-state index in [9.17, 15) is 0 Å². The van der Waals surface area contributed by atoms with Crippen molar-refractivity contribution in [2.75, 3.05) is 11.9 Å². The predicted octanol–water partition coefficient (Wildman–Crippen LogP) is 1.16. The lowest BCUT2D eigenvalue weighted by atomic mass is 10.3. The van der Waals surface area contributed by atoms with Crippen LogP contribution in [0, 0.1) is 0 Å². The third-order valence-electron chi connectivity index (χ3n) is 3.46. The first-order chi connectivity index (χ1) is 9.70. The van der Waals surface area contributed by atoms with Crippen molar-refractivity contribution in [2.45, 2.75) is 13.1 Å². The molecule has 6 heteroatoms. The van der Waals surface area contributed by atoms with Gasteiger partial charge in [-0.1, -0.05) is 6.07 Å². The molecule has 2 N–H and O–H groups in total. The van der Waals surface area contributed by atoms with Gasteiger partial charge in [0, 0.05) is 39.2 Å². The summed E-state index contributed by atoms with van der Waals surface area (Å²) in [6.07, 6.45) is 5.73. The Balaban J connectivity index is 1.98. The van der Waals surface area contributed by atoms with Crippen LogP contribution in [0.5, 0.6) is 0 Å². The number of aromatic nitrogens is 4. The maximum Gasteiger partial charge on any atom is 0.152 e. The van der Waals surface area contributed by atoms with E-state index in [1.165, 1.54) is 0 Å². The third kappa shape index (κ3) is 2.04. The number of hydrogen-bond acceptors (Lipinski definition) is 4. The van der Waals surface area contributed by atoms with E-state index in [4.69, 9.17) is 5.73 Å². The van der Waals surface area contributed by atoms with Gasteiger partial charge in [0.2, 0.25) is 0 Å². The number of rotatable bonds is 4. The summed E-state index contributed by atoms with van der Waals surface area (Å²) < 4.78 is 4.04. The highest BCUT2D eigenvalue weighted by molar-refractivity contribution is 5.55. The van der Waals surface area contributed by atoms with Crippen molar-refractivity contribution < 1.29 is 0 Å². The summed E-state index contributed by atoms with van der Waals surface area (Å²) in [5, 5.41) is 0. The fourth-order valence-corrected chi connectivity index (χ4v) is 2.37. The summed E-state index contributed by atoms with van der Waals surface area (Å²) in [5.41, 5.74) is 7.82. The number of imidazole rings is 2. The Morgan fingerprint density at radius 2 is 2.15 bits per heavy atom. The van der Waals surface area contributed by atoms with E-state index >= 15 is 0 Å². The van der Waals surface area contributed by atoms with Crippen LogP contribution in [0.15, 0.2) is 36.8 Å². The number of anilines is 1. The van der Waals surface area contributed by atoms with Gasteiger partial charge in [0.05, 0.1) is 12.2 Å². The van der Waals surface area contributed by atoms with Crippen molar-refractivity contribution in [1.29, 1.82) is 0 Å². The first-order valence-corrected chi connectivity index (χ1v) is 6.54. The highest BCUT2D eigenvalue weighted by Crippen LogP contribution is 2.21. The molecule has 0 aromatic carbocycles. The quantitative estimate of drug-likeness (QED) is 0.772. The second-order valence-electron chi connectivity index (χ2n) is 4.83. The molecule has 3 rings (SSSR count). The average molecular weight is 270 g/mol. The second kappa shape index (κ2) is 4.97. The van der Waals surface area contributed by atoms with Crippen molar-refractivity contribution in [2.24, 2.45) is 12.8 Å². The van der Waals surface area contributed by atoms with Crippen molar-refractivity contribution in [3.63, 3.8) is 0 Å². The normalized spacial score (nSPS) is 11.2. The standard InChI is InChI=1S/C14H18N6/c1-18-8-6-16-13(18)10-19(2)14-11(9-15)20-7-4-3-5-12(20)17-14/h3-8H,9-10,15H2,1-2H3. The van der Waals surface area contributed by atoms with Gasteiger partial charge in [-0.05, 0) is 12.1 Å². The van der Waals surface area contributed by atoms with Crippen LogP contribution < -0.4 is 10.6 Å². The van der Waals surface area contributed by atoms with Crippen LogP contribution in [0.4, 0.5) is 5.82 Å². The summed E-state index contributed by atoms with van der Waals surface area (Å²) >= 11 is 0. The van der Waals surface area contributed by atoms with Gasteiger partial charge in [-0.2, -0.15) is 0 Å². The molecule has 0 aliphatic heterocycles. The Morgan fingerprint density at radius 3 is 2.85 bits per heavy atom. The molecule has 0 spiro atoms. The first kappa shape index (κ1) is 12.7. The zero-order valence-corrected chi connectivity index (χ0v) is 11.7. The average Bonchev–Trinajstić information content (AvgIpc) is 3.02. The molecular weight excluding hydrogens is 252 g/mol. The lowest BCUT2D eigenvalue weighted by molar-refractivity contribution is 0.752. The molecule has 3 aromatic heterocycles. The summed E-state index contributed by atoms with van der Waals surface area (Å²) in [7, 11) is 4.00. The molecule has 3 aromatic rings. The van der Waals surface area contributed by atoms with Gasteiger partial charge in [-0.3, -0.25) is 0 Å². The van der Waals surface area contributed by atoms with Crippen molar-refractivity contribution in [3.05, 3.63) is 48.3 Å². The van der Waals surface area contributed by atoms with E-state index in [1.807, 2.05) is 53.7 Å². The molecule has 0 radical (unpaired) electrons. The Labute approximate surface area is 117 Å². The number of fused-ring (bicyclic) bond motifs is 1. The predicted molar refractivity (Wildman–Crippen MR) is 78.4 cm³/mol. The minimum absolute atomic E-state index is 0.450. The lowest BCUT2D eigenvalue weighted by Crippen LogP contribution is -2.21. The second-order valence-corrected chi connectivity index (χ2v) is 4.83. The highest BCUT2D eigenvalue weighted by atomic mass is 15.2. The molecule has 0 unspecified atom stereocenters. The Morgan fingerprint density at radius 1 is 1.30 bits per heavy atom. The van der Waals surface area contributed by atoms with Crippen LogP contribution >= 0.6 is 0 Å². The van der Waals surface area contributed by atoms with Crippen LogP contribution in [0.25, 0.3) is 5.65 Å². The molecule has 0 atom stereocenters. The maximum absolute atomic E-state index is 5.89. The molecule has 0 bridgehead atoms. The van der Waals surface area contributed by atoms with Crippen molar-refractivity contribution >= 4 is 11.5 Å². The summed E-state index contributed by atoms with van der Waals surface area (Å²) in [6.45, 7) is 1.14. The van der Waals surface area contributed by atoms with Gasteiger partial charge in [0.1, 0.15) is 11.5 Å². The largest absolute Gasteiger partial charge is 0.351 e. The zero-order valence-electron chi connectivity index (χ0n) is 11.7. The molecule has 20 heavy (non-hydrogen) atoms. The van der Waals surface area contributed by atoms with Gasteiger partial charge < -0.3 is 19.6 Å². The summed E-state index contributed by atoms with van der Waals surface area (Å²) in [5.74, 6) is 1.90. The van der Waals surface area contributed by atoms with Gasteiger partial charge in [0.25, 0.3) is 0 Å². The Bertz CT molecular complexity index is 726. The summed E-state index contributed by atoms with van der Waals surface area (Å²) in [6, 6.07) is 5.94. The monoisotopic (exact) mass is 270 g/mol. The number of hydrogen-bond donors (Lipinski definition) is 1. The number of nitrogens with two attached hydrogens (primary N) is 1. The molecule has 0 saturated carbocycles. The number of pyridine rings is 1. The first-order valence-electron chi connectivity index (χ1n) is 6.54. The van der Waals surface area contributed by atoms with E-state index in [2.05, 4.69) is 14.9 Å². The zero-order chi connectivity index (χ0) is 14.1. The van der Waals surface area contributed by atoms with Crippen LogP contribution in [0.2, 0.25) is 0 Å². The van der Waals surface area contributed by atoms with Crippen molar-refractivity contribution in [3.8, 4) is 0 Å². The van der Waals surface area contributed by atoms with Crippen LogP contribution in [-0.4, -0.2) is 26.0 Å². The Kier molecular flexibility index (Phi) is 3.15. The number of aryl methyl sites for hydroxylation is 1. The molecule has 6 nitrogen and oxygen atoms in total. The van der Waals surface area contributed by atoms with Gasteiger partial charge in [-0.15, -0.1) is 0 Å². The maximum atomic E-state index is 5.89. The highest BCUT2D eigenvalue weighted by Gasteiger charge is 2.15. The molecule has 0 aliphatic rings. The van der Waals surface area contributed by atoms with E-state index < -0.39 is 0 Å². The minimum atomic E-state index is 0.450. The topological polar surface area (TPSA) is 64.4 Å². The molecule has 3 heterocycles. The SMILES string of the molecule is CN(Cc1nccn1C)c1nc2ccccn2c1CN. The lowest BCUT2D eigenvalue weighted by Gasteiger charge is -2.17. The van der Waals surface area contributed by atoms with E-state index in [-0.39, 0.29) is 0 Å². The van der Waals surface area contributed by atoms with Crippen LogP contribution in [0.3, 0.4) is 0 Å². The van der Waals surface area contributed by atoms with Crippen LogP contribution in [-0.2, 0) is 20.1 Å². The van der Waals surface area contributed by atoms with E-state index in [0.717, 1.165) is 23.0 Å². The van der Waals surface area contributed by atoms with Gasteiger partial charge >= 0.3 is 0 Å². The molecule has 0 aliphatic carbocycles. The third-order valence-corrected chi connectivity index (χ3v) is 3.46. The van der Waals surface area contributed by atoms with Gasteiger partial charge in [-0.25, -0.2) is 9.97 Å². The smallest absolute Gasteiger partial charge is 0.152 e. The molecular formula is C14H18N6. The fraction of sp³-hybridized carbons (Fsp3) is 0.286. The fourth-order valence-electron chi connectivity index (χ4n) is 2.37. The summed E-state index contributed by atoms with van der Waals surface area (Å²) in [4.78, 5) is 11.1. The molecule has 104 valence electrons. The minimum Gasteiger partial charge on any atom is -0.351 e. The molecule has 0 amide bonds. The Hall–Kier alpha value is -2.34. The van der Waals surface area contributed by atoms with E-state index in [1.54, 1.807) is 6.20 Å². The van der Waals surface area contributed by atoms with Crippen LogP contribution in [0.1, 0.15) is 11.5 Å². The molecule has 0 fully saturated rings.